The van der Waals surface area contributed by atoms with Gasteiger partial charge in [0.05, 0.1) is 17.1 Å². The minimum absolute atomic E-state index is 0.00262. The minimum Gasteiger partial charge on any atom is -0.490 e. The van der Waals surface area contributed by atoms with Gasteiger partial charge >= 0.3 is 0 Å². The molecule has 0 aromatic heterocycles. The van der Waals surface area contributed by atoms with Crippen molar-refractivity contribution < 1.29 is 13.5 Å². The highest BCUT2D eigenvalue weighted by molar-refractivity contribution is 9.10. The normalized spacial score (nSPS) is 11.9. The zero-order chi connectivity index (χ0) is 12.3. The summed E-state index contributed by atoms with van der Waals surface area (Å²) < 4.78 is 32.5. The minimum atomic E-state index is -3.00. The average Bonchev–Trinajstić information content (AvgIpc) is 2.20. The van der Waals surface area contributed by atoms with Crippen LogP contribution in [-0.4, -0.2) is 12.6 Å². The Labute approximate surface area is 102 Å². The molecule has 0 atom stereocenters. The Hall–Kier alpha value is -0.680. The monoisotopic (exact) mass is 293 g/mol. The van der Waals surface area contributed by atoms with Gasteiger partial charge in [-0.25, -0.2) is 0 Å². The lowest BCUT2D eigenvalue weighted by Gasteiger charge is -2.17. The summed E-state index contributed by atoms with van der Waals surface area (Å²) in [5, 5.41) is 0. The van der Waals surface area contributed by atoms with Crippen LogP contribution in [0.1, 0.15) is 19.4 Å². The molecule has 0 heterocycles. The maximum absolute atomic E-state index is 13.3. The molecule has 0 saturated heterocycles. The third-order valence-electron chi connectivity index (χ3n) is 1.97. The van der Waals surface area contributed by atoms with E-state index in [1.54, 1.807) is 0 Å². The molecule has 0 aliphatic rings. The first-order valence-electron chi connectivity index (χ1n) is 4.91. The van der Waals surface area contributed by atoms with E-state index in [2.05, 4.69) is 15.9 Å². The fourth-order valence-electron chi connectivity index (χ4n) is 1.20. The molecule has 90 valence electrons. The topological polar surface area (TPSA) is 35.2 Å². The van der Waals surface area contributed by atoms with Gasteiger partial charge < -0.3 is 10.5 Å². The Kier molecular flexibility index (Phi) is 4.27. The standard InChI is InChI=1S/C11H14BrF2NO/c1-7(2)16-10-4-3-8(5-9(10)12)11(13,14)6-15/h3-5,7H,6,15H2,1-2H3. The maximum Gasteiger partial charge on any atom is 0.285 e. The molecule has 1 aromatic rings. The number of hydrogen-bond donors (Lipinski definition) is 1. The van der Waals surface area contributed by atoms with E-state index >= 15 is 0 Å². The summed E-state index contributed by atoms with van der Waals surface area (Å²) in [6.07, 6.45) is -0.00262. The van der Waals surface area contributed by atoms with Crippen LogP contribution in [0.2, 0.25) is 0 Å². The van der Waals surface area contributed by atoms with Gasteiger partial charge in [0.1, 0.15) is 5.75 Å². The number of ether oxygens (including phenoxy) is 1. The Morgan fingerprint density at radius 3 is 2.50 bits per heavy atom. The van der Waals surface area contributed by atoms with Gasteiger partial charge in [-0.1, -0.05) is 0 Å². The summed E-state index contributed by atoms with van der Waals surface area (Å²) in [4.78, 5) is 0. The number of nitrogens with two attached hydrogens (primary N) is 1. The third kappa shape index (κ3) is 3.15. The van der Waals surface area contributed by atoms with E-state index in [1.165, 1.54) is 18.2 Å². The Balaban J connectivity index is 2.99. The second-order valence-electron chi connectivity index (χ2n) is 3.72. The van der Waals surface area contributed by atoms with Gasteiger partial charge in [0.25, 0.3) is 5.92 Å². The van der Waals surface area contributed by atoms with Gasteiger partial charge in [-0.15, -0.1) is 0 Å². The van der Waals surface area contributed by atoms with Crippen molar-refractivity contribution in [2.75, 3.05) is 6.54 Å². The van der Waals surface area contributed by atoms with Crippen molar-refractivity contribution in [2.24, 2.45) is 5.73 Å². The van der Waals surface area contributed by atoms with E-state index < -0.39 is 12.5 Å². The van der Waals surface area contributed by atoms with Crippen molar-refractivity contribution in [3.63, 3.8) is 0 Å². The number of alkyl halides is 2. The second-order valence-corrected chi connectivity index (χ2v) is 4.57. The molecule has 5 heteroatoms. The van der Waals surface area contributed by atoms with Gasteiger partial charge in [-0.05, 0) is 48.0 Å². The molecule has 2 N–H and O–H groups in total. The summed E-state index contributed by atoms with van der Waals surface area (Å²) >= 11 is 3.20. The largest absolute Gasteiger partial charge is 0.490 e. The average molecular weight is 294 g/mol. The first-order valence-corrected chi connectivity index (χ1v) is 5.70. The Bertz CT molecular complexity index is 369. The van der Waals surface area contributed by atoms with Crippen LogP contribution in [0.15, 0.2) is 22.7 Å². The van der Waals surface area contributed by atoms with Crippen molar-refractivity contribution in [3.8, 4) is 5.75 Å². The number of halogens is 3. The van der Waals surface area contributed by atoms with E-state index in [4.69, 9.17) is 10.5 Å². The van der Waals surface area contributed by atoms with Crippen LogP contribution in [0.4, 0.5) is 8.78 Å². The molecule has 0 aliphatic heterocycles. The molecule has 0 unspecified atom stereocenters. The highest BCUT2D eigenvalue weighted by Gasteiger charge is 2.30. The van der Waals surface area contributed by atoms with Crippen LogP contribution in [0.3, 0.4) is 0 Å². The summed E-state index contributed by atoms with van der Waals surface area (Å²) in [7, 11) is 0. The lowest BCUT2D eigenvalue weighted by Crippen LogP contribution is -2.25. The zero-order valence-electron chi connectivity index (χ0n) is 9.14. The molecule has 0 fully saturated rings. The Morgan fingerprint density at radius 1 is 1.44 bits per heavy atom. The fourth-order valence-corrected chi connectivity index (χ4v) is 1.67. The van der Waals surface area contributed by atoms with E-state index in [9.17, 15) is 8.78 Å². The van der Waals surface area contributed by atoms with Crippen molar-refractivity contribution in [1.29, 1.82) is 0 Å². The van der Waals surface area contributed by atoms with Crippen LogP contribution in [0, 0.1) is 0 Å². The first kappa shape index (κ1) is 13.4. The van der Waals surface area contributed by atoms with Crippen LogP contribution < -0.4 is 10.5 Å². The van der Waals surface area contributed by atoms with E-state index in [0.29, 0.717) is 10.2 Å². The lowest BCUT2D eigenvalue weighted by molar-refractivity contribution is 0.00583. The molecule has 16 heavy (non-hydrogen) atoms. The summed E-state index contributed by atoms with van der Waals surface area (Å²) in [5.41, 5.74) is 4.90. The Morgan fingerprint density at radius 2 is 2.06 bits per heavy atom. The van der Waals surface area contributed by atoms with Crippen molar-refractivity contribution in [1.82, 2.24) is 0 Å². The van der Waals surface area contributed by atoms with Crippen molar-refractivity contribution in [2.45, 2.75) is 25.9 Å². The molecular formula is C11H14BrF2NO. The summed E-state index contributed by atoms with van der Waals surface area (Å²) in [6, 6.07) is 4.18. The predicted molar refractivity (Wildman–Crippen MR) is 62.9 cm³/mol. The van der Waals surface area contributed by atoms with E-state index in [0.717, 1.165) is 0 Å². The highest BCUT2D eigenvalue weighted by Crippen LogP contribution is 2.33. The van der Waals surface area contributed by atoms with E-state index in [1.807, 2.05) is 13.8 Å². The molecule has 0 radical (unpaired) electrons. The summed E-state index contributed by atoms with van der Waals surface area (Å²) in [5.74, 6) is -2.45. The van der Waals surface area contributed by atoms with E-state index in [-0.39, 0.29) is 11.7 Å². The molecule has 2 nitrogen and oxygen atoms in total. The fraction of sp³-hybridized carbons (Fsp3) is 0.455. The van der Waals surface area contributed by atoms with Crippen LogP contribution in [0.5, 0.6) is 5.75 Å². The second kappa shape index (κ2) is 5.10. The number of rotatable bonds is 4. The maximum atomic E-state index is 13.3. The molecule has 0 aliphatic carbocycles. The molecule has 0 amide bonds. The summed E-state index contributed by atoms with van der Waals surface area (Å²) in [6.45, 7) is 3.04. The molecule has 0 saturated carbocycles. The van der Waals surface area contributed by atoms with Gasteiger partial charge in [-0.2, -0.15) is 8.78 Å². The SMILES string of the molecule is CC(C)Oc1ccc(C(F)(F)CN)cc1Br. The molecule has 0 bridgehead atoms. The highest BCUT2D eigenvalue weighted by atomic mass is 79.9. The third-order valence-corrected chi connectivity index (χ3v) is 2.59. The zero-order valence-corrected chi connectivity index (χ0v) is 10.7. The predicted octanol–water partition coefficient (Wildman–Crippen LogP) is 3.29. The number of benzene rings is 1. The van der Waals surface area contributed by atoms with Crippen molar-refractivity contribution >= 4 is 15.9 Å². The van der Waals surface area contributed by atoms with Gasteiger partial charge in [0.2, 0.25) is 0 Å². The van der Waals surface area contributed by atoms with Gasteiger partial charge in [0.15, 0.2) is 0 Å². The molecular weight excluding hydrogens is 280 g/mol. The quantitative estimate of drug-likeness (QED) is 0.925. The van der Waals surface area contributed by atoms with Gasteiger partial charge in [-0.3, -0.25) is 0 Å². The molecule has 0 spiro atoms. The van der Waals surface area contributed by atoms with Crippen LogP contribution in [0.25, 0.3) is 0 Å². The first-order chi connectivity index (χ1) is 7.36. The smallest absolute Gasteiger partial charge is 0.285 e. The van der Waals surface area contributed by atoms with Gasteiger partial charge in [0, 0.05) is 5.56 Å². The molecule has 1 rings (SSSR count). The van der Waals surface area contributed by atoms with Crippen molar-refractivity contribution in [3.05, 3.63) is 28.2 Å². The van der Waals surface area contributed by atoms with Crippen LogP contribution in [-0.2, 0) is 5.92 Å². The van der Waals surface area contributed by atoms with Crippen LogP contribution >= 0.6 is 15.9 Å². The number of hydrogen-bond acceptors (Lipinski definition) is 2. The molecule has 1 aromatic carbocycles. The lowest BCUT2D eigenvalue weighted by atomic mass is 10.1.